The van der Waals surface area contributed by atoms with Gasteiger partial charge in [-0.1, -0.05) is 13.8 Å². The number of imidazole rings is 1. The highest BCUT2D eigenvalue weighted by molar-refractivity contribution is 5.59. The summed E-state index contributed by atoms with van der Waals surface area (Å²) in [5, 5.41) is 3.38. The number of ether oxygens (including phenoxy) is 1. The number of aromatic amines is 1. The largest absolute Gasteiger partial charge is 0.491 e. The van der Waals surface area contributed by atoms with Crippen molar-refractivity contribution in [2.45, 2.75) is 40.3 Å². The molecule has 2 aromatic rings. The van der Waals surface area contributed by atoms with E-state index in [0.29, 0.717) is 5.92 Å². The van der Waals surface area contributed by atoms with Crippen LogP contribution in [-0.4, -0.2) is 22.6 Å². The maximum Gasteiger partial charge on any atom is 0.120 e. The molecule has 0 unspecified atom stereocenters. The van der Waals surface area contributed by atoms with E-state index in [1.54, 1.807) is 0 Å². The summed E-state index contributed by atoms with van der Waals surface area (Å²) >= 11 is 0. The highest BCUT2D eigenvalue weighted by atomic mass is 16.5. The SMILES string of the molecule is CC(C)CNCc1ncc(-c2ccc(OC(C)C)cc2)[nH]1. The quantitative estimate of drug-likeness (QED) is 0.818. The average Bonchev–Trinajstić information content (AvgIpc) is 2.87. The fourth-order valence-electron chi connectivity index (χ4n) is 2.06. The van der Waals surface area contributed by atoms with Crippen LogP contribution in [0.2, 0.25) is 0 Å². The summed E-state index contributed by atoms with van der Waals surface area (Å²) < 4.78 is 5.65. The molecule has 2 N–H and O–H groups in total. The molecule has 1 aromatic heterocycles. The fraction of sp³-hybridized carbons (Fsp3) is 0.471. The van der Waals surface area contributed by atoms with Crippen molar-refractivity contribution in [3.05, 3.63) is 36.3 Å². The summed E-state index contributed by atoms with van der Waals surface area (Å²) in [5.74, 6) is 2.51. The fourth-order valence-corrected chi connectivity index (χ4v) is 2.06. The zero-order chi connectivity index (χ0) is 15.2. The smallest absolute Gasteiger partial charge is 0.120 e. The molecule has 1 heterocycles. The van der Waals surface area contributed by atoms with Crippen LogP contribution in [-0.2, 0) is 6.54 Å². The maximum absolute atomic E-state index is 5.65. The standard InChI is InChI=1S/C17H25N3O/c1-12(2)9-18-11-17-19-10-16(20-17)14-5-7-15(8-6-14)21-13(3)4/h5-8,10,12-13,18H,9,11H2,1-4H3,(H,19,20). The first-order valence-corrected chi connectivity index (χ1v) is 7.56. The molecule has 0 atom stereocenters. The number of hydrogen-bond acceptors (Lipinski definition) is 3. The molecule has 0 aliphatic heterocycles. The van der Waals surface area contributed by atoms with E-state index in [2.05, 4.69) is 41.3 Å². The van der Waals surface area contributed by atoms with Crippen LogP contribution in [0.25, 0.3) is 11.3 Å². The minimum atomic E-state index is 0.196. The van der Waals surface area contributed by atoms with Gasteiger partial charge in [0.15, 0.2) is 0 Å². The van der Waals surface area contributed by atoms with Crippen LogP contribution >= 0.6 is 0 Å². The Bertz CT molecular complexity index is 543. The Morgan fingerprint density at radius 3 is 2.48 bits per heavy atom. The van der Waals surface area contributed by atoms with E-state index in [9.17, 15) is 0 Å². The minimum absolute atomic E-state index is 0.196. The molecule has 0 fully saturated rings. The number of aromatic nitrogens is 2. The van der Waals surface area contributed by atoms with Gasteiger partial charge < -0.3 is 15.0 Å². The summed E-state index contributed by atoms with van der Waals surface area (Å²) in [6.45, 7) is 10.2. The molecule has 0 radical (unpaired) electrons. The summed E-state index contributed by atoms with van der Waals surface area (Å²) in [4.78, 5) is 7.76. The molecule has 4 heteroatoms. The van der Waals surface area contributed by atoms with Crippen molar-refractivity contribution in [3.63, 3.8) is 0 Å². The molecular formula is C17H25N3O. The second-order valence-corrected chi connectivity index (χ2v) is 5.96. The molecule has 0 saturated carbocycles. The van der Waals surface area contributed by atoms with Crippen LogP contribution < -0.4 is 10.1 Å². The summed E-state index contributed by atoms with van der Waals surface area (Å²) in [6, 6.07) is 8.09. The van der Waals surface area contributed by atoms with Gasteiger partial charge in [0.2, 0.25) is 0 Å². The van der Waals surface area contributed by atoms with Crippen LogP contribution in [0.15, 0.2) is 30.5 Å². The molecular weight excluding hydrogens is 262 g/mol. The lowest BCUT2D eigenvalue weighted by Crippen LogP contribution is -2.19. The van der Waals surface area contributed by atoms with Crippen LogP contribution in [0.3, 0.4) is 0 Å². The molecule has 2 rings (SSSR count). The first-order chi connectivity index (χ1) is 10.0. The Morgan fingerprint density at radius 2 is 1.86 bits per heavy atom. The highest BCUT2D eigenvalue weighted by Gasteiger charge is 2.04. The second-order valence-electron chi connectivity index (χ2n) is 5.96. The van der Waals surface area contributed by atoms with Crippen molar-refractivity contribution in [2.75, 3.05) is 6.54 Å². The second kappa shape index (κ2) is 7.27. The van der Waals surface area contributed by atoms with Crippen LogP contribution in [0.5, 0.6) is 5.75 Å². The zero-order valence-corrected chi connectivity index (χ0v) is 13.3. The van der Waals surface area contributed by atoms with Gasteiger partial charge >= 0.3 is 0 Å². The number of H-pyrrole nitrogens is 1. The Balaban J connectivity index is 1.97. The third kappa shape index (κ3) is 4.90. The van der Waals surface area contributed by atoms with Gasteiger partial charge in [-0.3, -0.25) is 0 Å². The number of benzene rings is 1. The van der Waals surface area contributed by atoms with Crippen LogP contribution in [0.4, 0.5) is 0 Å². The van der Waals surface area contributed by atoms with E-state index in [1.807, 2.05) is 32.2 Å². The molecule has 0 bridgehead atoms. The van der Waals surface area contributed by atoms with Crippen molar-refractivity contribution >= 4 is 0 Å². The lowest BCUT2D eigenvalue weighted by Gasteiger charge is -2.09. The van der Waals surface area contributed by atoms with Gasteiger partial charge in [0.1, 0.15) is 11.6 Å². The average molecular weight is 287 g/mol. The lowest BCUT2D eigenvalue weighted by molar-refractivity contribution is 0.242. The molecule has 0 amide bonds. The number of nitrogens with one attached hydrogen (secondary N) is 2. The molecule has 114 valence electrons. The zero-order valence-electron chi connectivity index (χ0n) is 13.3. The van der Waals surface area contributed by atoms with Crippen molar-refractivity contribution in [1.82, 2.24) is 15.3 Å². The van der Waals surface area contributed by atoms with Gasteiger partial charge in [-0.15, -0.1) is 0 Å². The Labute approximate surface area is 127 Å². The van der Waals surface area contributed by atoms with E-state index < -0.39 is 0 Å². The Morgan fingerprint density at radius 1 is 1.14 bits per heavy atom. The summed E-state index contributed by atoms with van der Waals surface area (Å²) in [6.07, 6.45) is 2.08. The van der Waals surface area contributed by atoms with Crippen LogP contribution in [0.1, 0.15) is 33.5 Å². The third-order valence-electron chi connectivity index (χ3n) is 3.01. The summed E-state index contributed by atoms with van der Waals surface area (Å²) in [7, 11) is 0. The highest BCUT2D eigenvalue weighted by Crippen LogP contribution is 2.21. The first-order valence-electron chi connectivity index (χ1n) is 7.56. The Hall–Kier alpha value is -1.81. The lowest BCUT2D eigenvalue weighted by atomic mass is 10.1. The predicted molar refractivity (Wildman–Crippen MR) is 86.3 cm³/mol. The van der Waals surface area contributed by atoms with Gasteiger partial charge in [0.05, 0.1) is 24.5 Å². The van der Waals surface area contributed by atoms with E-state index in [0.717, 1.165) is 35.9 Å². The molecule has 4 nitrogen and oxygen atoms in total. The van der Waals surface area contributed by atoms with Gasteiger partial charge in [0, 0.05) is 0 Å². The van der Waals surface area contributed by atoms with E-state index in [1.165, 1.54) is 0 Å². The number of rotatable bonds is 7. The molecule has 0 aliphatic carbocycles. The topological polar surface area (TPSA) is 49.9 Å². The number of nitrogens with zero attached hydrogens (tertiary/aromatic N) is 1. The molecule has 0 aliphatic rings. The normalized spacial score (nSPS) is 11.3. The first kappa shape index (κ1) is 15.6. The predicted octanol–water partition coefficient (Wildman–Crippen LogP) is 3.61. The molecule has 0 spiro atoms. The molecule has 21 heavy (non-hydrogen) atoms. The summed E-state index contributed by atoms with van der Waals surface area (Å²) in [5.41, 5.74) is 2.15. The Kier molecular flexibility index (Phi) is 5.39. The van der Waals surface area contributed by atoms with Gasteiger partial charge in [-0.25, -0.2) is 4.98 Å². The van der Waals surface area contributed by atoms with Crippen molar-refractivity contribution < 1.29 is 4.74 Å². The van der Waals surface area contributed by atoms with E-state index in [-0.39, 0.29) is 6.10 Å². The van der Waals surface area contributed by atoms with Crippen molar-refractivity contribution in [3.8, 4) is 17.0 Å². The monoisotopic (exact) mass is 287 g/mol. The van der Waals surface area contributed by atoms with Crippen LogP contribution in [0, 0.1) is 5.92 Å². The van der Waals surface area contributed by atoms with Gasteiger partial charge in [-0.2, -0.15) is 0 Å². The third-order valence-corrected chi connectivity index (χ3v) is 3.01. The molecule has 0 saturated heterocycles. The van der Waals surface area contributed by atoms with Gasteiger partial charge in [-0.05, 0) is 56.1 Å². The van der Waals surface area contributed by atoms with E-state index in [4.69, 9.17) is 4.74 Å². The van der Waals surface area contributed by atoms with Crippen molar-refractivity contribution in [2.24, 2.45) is 5.92 Å². The number of hydrogen-bond donors (Lipinski definition) is 2. The molecule has 1 aromatic carbocycles. The van der Waals surface area contributed by atoms with Crippen molar-refractivity contribution in [1.29, 1.82) is 0 Å². The van der Waals surface area contributed by atoms with E-state index >= 15 is 0 Å². The minimum Gasteiger partial charge on any atom is -0.491 e. The van der Waals surface area contributed by atoms with Gasteiger partial charge in [0.25, 0.3) is 0 Å². The maximum atomic E-state index is 5.65.